The minimum absolute atomic E-state index is 0.132. The average molecular weight is 665 g/mol. The van der Waals surface area contributed by atoms with Crippen molar-refractivity contribution in [3.8, 4) is 0 Å². The van der Waals surface area contributed by atoms with Crippen LogP contribution in [0.5, 0.6) is 0 Å². The van der Waals surface area contributed by atoms with Gasteiger partial charge in [0.1, 0.15) is 23.2 Å². The van der Waals surface area contributed by atoms with Crippen molar-refractivity contribution in [3.63, 3.8) is 0 Å². The van der Waals surface area contributed by atoms with Crippen LogP contribution in [0.25, 0.3) is 11.2 Å². The summed E-state index contributed by atoms with van der Waals surface area (Å²) in [5.74, 6) is -0.643. The summed E-state index contributed by atoms with van der Waals surface area (Å²) in [5.41, 5.74) is -0.156. The highest BCUT2D eigenvalue weighted by Gasteiger charge is 2.53. The first-order chi connectivity index (χ1) is 22.3. The molecule has 3 aromatic rings. The van der Waals surface area contributed by atoms with E-state index in [9.17, 15) is 24.0 Å². The maximum absolute atomic E-state index is 13.7. The van der Waals surface area contributed by atoms with Crippen molar-refractivity contribution in [3.05, 3.63) is 63.0 Å². The second kappa shape index (κ2) is 12.5. The van der Waals surface area contributed by atoms with E-state index >= 15 is 0 Å². The number of nitrogens with zero attached hydrogens (tertiary/aromatic N) is 6. The third-order valence-electron chi connectivity index (χ3n) is 8.47. The number of urea groups is 1. The van der Waals surface area contributed by atoms with Gasteiger partial charge in [0.25, 0.3) is 11.5 Å². The van der Waals surface area contributed by atoms with Gasteiger partial charge < -0.3 is 25.2 Å². The maximum Gasteiger partial charge on any atom is 0.407 e. The predicted molar refractivity (Wildman–Crippen MR) is 173 cm³/mol. The van der Waals surface area contributed by atoms with Gasteiger partial charge in [-0.25, -0.2) is 19.6 Å². The number of hydrogen-bond acceptors (Lipinski definition) is 8. The van der Waals surface area contributed by atoms with E-state index in [1.807, 2.05) is 0 Å². The summed E-state index contributed by atoms with van der Waals surface area (Å²) in [6.45, 7) is 7.64. The Kier molecular flexibility index (Phi) is 8.55. The van der Waals surface area contributed by atoms with E-state index in [2.05, 4.69) is 20.6 Å². The van der Waals surface area contributed by atoms with Crippen molar-refractivity contribution in [1.29, 1.82) is 0 Å². The molecule has 1 aliphatic carbocycles. The van der Waals surface area contributed by atoms with Crippen molar-refractivity contribution >= 4 is 52.5 Å². The van der Waals surface area contributed by atoms with Crippen molar-refractivity contribution in [2.24, 2.45) is 5.41 Å². The molecule has 47 heavy (non-hydrogen) atoms. The van der Waals surface area contributed by atoms with Crippen LogP contribution in [0, 0.1) is 5.41 Å². The first-order valence-corrected chi connectivity index (χ1v) is 15.9. The minimum atomic E-state index is -0.663. The number of ether oxygens (including phenoxy) is 1. The lowest BCUT2D eigenvalue weighted by molar-refractivity contribution is -0.139. The highest BCUT2D eigenvalue weighted by atomic mass is 35.5. The highest BCUT2D eigenvalue weighted by Crippen LogP contribution is 2.52. The molecule has 5 amide bonds. The van der Waals surface area contributed by atoms with Gasteiger partial charge in [-0.2, -0.15) is 0 Å². The number of hydrogen-bond donors (Lipinski definition) is 2. The Bertz CT molecular complexity index is 1790. The molecule has 0 radical (unpaired) electrons. The summed E-state index contributed by atoms with van der Waals surface area (Å²) in [7, 11) is 0. The van der Waals surface area contributed by atoms with E-state index in [1.54, 1.807) is 54.8 Å². The second-order valence-corrected chi connectivity index (χ2v) is 13.7. The topological polar surface area (TPSA) is 159 Å². The fourth-order valence-electron chi connectivity index (χ4n) is 5.73. The van der Waals surface area contributed by atoms with Crippen LogP contribution in [0.2, 0.25) is 5.02 Å². The number of anilines is 1. The molecule has 1 saturated carbocycles. The Labute approximate surface area is 276 Å². The Morgan fingerprint density at radius 3 is 2.45 bits per heavy atom. The largest absolute Gasteiger partial charge is 0.444 e. The number of alkyl carbamates (subject to hydrolysis) is 1. The molecule has 1 spiro atoms. The lowest BCUT2D eigenvalue weighted by Crippen LogP contribution is -2.53. The monoisotopic (exact) mass is 664 g/mol. The molecule has 14 nitrogen and oxygen atoms in total. The fourth-order valence-corrected chi connectivity index (χ4v) is 5.86. The van der Waals surface area contributed by atoms with E-state index in [0.717, 1.165) is 18.4 Å². The minimum Gasteiger partial charge on any atom is -0.444 e. The smallest absolute Gasteiger partial charge is 0.407 e. The standard InChI is InChI=1S/C32H37ClN8O6/c1-31(2,3)47-29(45)34-10-11-38-12-13-40(30(38)46)24-16-35-26-23(37-24)14-22(27(43)36-15-20-4-6-21(33)7-5-20)28(44)41(26)17-25(42)39-18-32(19-39)8-9-32/h4-7,14,16H,8-13,15,17-19H2,1-3H3,(H,34,45)(H,36,43). The van der Waals surface area contributed by atoms with Crippen LogP contribution in [-0.4, -0.2) is 93.1 Å². The number of pyridine rings is 1. The van der Waals surface area contributed by atoms with Gasteiger partial charge in [-0.15, -0.1) is 0 Å². The van der Waals surface area contributed by atoms with Crippen molar-refractivity contribution in [1.82, 2.24) is 35.0 Å². The summed E-state index contributed by atoms with van der Waals surface area (Å²) in [5, 5.41) is 5.97. The van der Waals surface area contributed by atoms with E-state index in [1.165, 1.54) is 21.7 Å². The Hall–Kier alpha value is -4.72. The fraction of sp³-hybridized carbons (Fsp3) is 0.469. The molecular weight excluding hydrogens is 628 g/mol. The first-order valence-electron chi connectivity index (χ1n) is 15.6. The number of fused-ring (bicyclic) bond motifs is 1. The number of likely N-dealkylation sites (tertiary alicyclic amines) is 1. The average Bonchev–Trinajstić information content (AvgIpc) is 3.73. The van der Waals surface area contributed by atoms with Gasteiger partial charge in [0, 0.05) is 56.3 Å². The van der Waals surface area contributed by atoms with Gasteiger partial charge in [0.15, 0.2) is 11.5 Å². The molecule has 3 aliphatic rings. The highest BCUT2D eigenvalue weighted by molar-refractivity contribution is 6.30. The van der Waals surface area contributed by atoms with E-state index in [-0.39, 0.29) is 66.1 Å². The van der Waals surface area contributed by atoms with E-state index < -0.39 is 23.2 Å². The number of amides is 5. The quantitative estimate of drug-likeness (QED) is 0.353. The molecule has 6 rings (SSSR count). The first kappa shape index (κ1) is 32.2. The summed E-state index contributed by atoms with van der Waals surface area (Å²) < 4.78 is 6.43. The Balaban J connectivity index is 1.22. The van der Waals surface area contributed by atoms with Crippen LogP contribution in [0.1, 0.15) is 49.5 Å². The molecule has 2 saturated heterocycles. The summed E-state index contributed by atoms with van der Waals surface area (Å²) in [6.07, 6.45) is 3.01. The number of carbonyl (C=O) groups excluding carboxylic acids is 4. The van der Waals surface area contributed by atoms with Gasteiger partial charge in [0.05, 0.1) is 6.20 Å². The predicted octanol–water partition coefficient (Wildman–Crippen LogP) is 2.76. The summed E-state index contributed by atoms with van der Waals surface area (Å²) >= 11 is 5.97. The van der Waals surface area contributed by atoms with Crippen molar-refractivity contribution in [2.75, 3.05) is 44.2 Å². The van der Waals surface area contributed by atoms with Gasteiger partial charge >= 0.3 is 12.1 Å². The summed E-state index contributed by atoms with van der Waals surface area (Å²) in [4.78, 5) is 79.3. The number of nitrogens with one attached hydrogen (secondary N) is 2. The van der Waals surface area contributed by atoms with Crippen LogP contribution in [-0.2, 0) is 22.6 Å². The van der Waals surface area contributed by atoms with Crippen LogP contribution in [0.4, 0.5) is 15.4 Å². The number of aromatic nitrogens is 3. The molecule has 4 heterocycles. The molecule has 2 aromatic heterocycles. The van der Waals surface area contributed by atoms with Gasteiger partial charge in [-0.3, -0.25) is 23.9 Å². The van der Waals surface area contributed by atoms with Gasteiger partial charge in [-0.05, 0) is 57.4 Å². The van der Waals surface area contributed by atoms with Crippen LogP contribution in [0.15, 0.2) is 41.3 Å². The number of benzene rings is 1. The molecule has 15 heteroatoms. The zero-order valence-electron chi connectivity index (χ0n) is 26.5. The Morgan fingerprint density at radius 1 is 1.04 bits per heavy atom. The zero-order valence-corrected chi connectivity index (χ0v) is 27.3. The van der Waals surface area contributed by atoms with E-state index in [0.29, 0.717) is 31.2 Å². The molecule has 0 unspecified atom stereocenters. The molecule has 248 valence electrons. The number of rotatable bonds is 9. The van der Waals surface area contributed by atoms with Crippen LogP contribution >= 0.6 is 11.6 Å². The normalized spacial score (nSPS) is 16.8. The molecule has 2 aliphatic heterocycles. The summed E-state index contributed by atoms with van der Waals surface area (Å²) in [6, 6.07) is 7.95. The maximum atomic E-state index is 13.7. The second-order valence-electron chi connectivity index (χ2n) is 13.3. The van der Waals surface area contributed by atoms with Gasteiger partial charge in [-0.1, -0.05) is 23.7 Å². The number of carbonyl (C=O) groups is 4. The van der Waals surface area contributed by atoms with Gasteiger partial charge in [0.2, 0.25) is 5.91 Å². The molecule has 3 fully saturated rings. The lowest BCUT2D eigenvalue weighted by atomic mass is 9.97. The lowest BCUT2D eigenvalue weighted by Gasteiger charge is -2.40. The Morgan fingerprint density at radius 2 is 1.77 bits per heavy atom. The molecular formula is C32H37ClN8O6. The van der Waals surface area contributed by atoms with Crippen molar-refractivity contribution in [2.45, 2.75) is 52.3 Å². The van der Waals surface area contributed by atoms with Crippen molar-refractivity contribution < 1.29 is 23.9 Å². The zero-order chi connectivity index (χ0) is 33.5. The molecule has 0 atom stereocenters. The number of halogens is 1. The molecule has 0 bridgehead atoms. The molecule has 2 N–H and O–H groups in total. The third kappa shape index (κ3) is 7.17. The molecule has 1 aromatic carbocycles. The van der Waals surface area contributed by atoms with E-state index in [4.69, 9.17) is 16.3 Å². The van der Waals surface area contributed by atoms with Crippen LogP contribution in [0.3, 0.4) is 0 Å². The van der Waals surface area contributed by atoms with Crippen LogP contribution < -0.4 is 21.1 Å². The third-order valence-corrected chi connectivity index (χ3v) is 8.72. The SMILES string of the molecule is CC(C)(C)OC(=O)NCCN1CCN(c2cnc3c(cc(C(=O)NCc4ccc(Cl)cc4)c(=O)n3CC(=O)N3CC4(CC4)C3)n2)C1=O.